The van der Waals surface area contributed by atoms with Gasteiger partial charge in [0.25, 0.3) is 0 Å². The van der Waals surface area contributed by atoms with E-state index in [1.165, 1.54) is 18.2 Å². The third-order valence-electron chi connectivity index (χ3n) is 2.97. The van der Waals surface area contributed by atoms with Gasteiger partial charge in [-0.25, -0.2) is 8.78 Å². The molecular formula is C14H12BrClF2N2. The van der Waals surface area contributed by atoms with Crippen molar-refractivity contribution in [2.75, 3.05) is 0 Å². The number of rotatable bonds is 4. The molecule has 6 heteroatoms. The lowest BCUT2D eigenvalue weighted by atomic mass is 9.99. The number of hydrogen-bond acceptors (Lipinski definition) is 2. The van der Waals surface area contributed by atoms with Crippen molar-refractivity contribution in [1.82, 2.24) is 5.43 Å². The first-order valence-electron chi connectivity index (χ1n) is 5.86. The molecule has 2 aromatic rings. The van der Waals surface area contributed by atoms with Crippen LogP contribution in [-0.4, -0.2) is 0 Å². The van der Waals surface area contributed by atoms with Gasteiger partial charge in [-0.1, -0.05) is 23.7 Å². The average molecular weight is 362 g/mol. The van der Waals surface area contributed by atoms with Gasteiger partial charge in [0.2, 0.25) is 0 Å². The molecule has 2 nitrogen and oxygen atoms in total. The maximum Gasteiger partial charge on any atom is 0.141 e. The molecule has 0 aliphatic heterocycles. The van der Waals surface area contributed by atoms with E-state index in [0.29, 0.717) is 10.9 Å². The summed E-state index contributed by atoms with van der Waals surface area (Å²) in [6.07, 6.45) is 0.525. The van der Waals surface area contributed by atoms with Crippen molar-refractivity contribution in [3.8, 4) is 0 Å². The number of hydrazine groups is 1. The van der Waals surface area contributed by atoms with E-state index in [2.05, 4.69) is 21.4 Å². The molecule has 0 amide bonds. The second-order valence-electron chi connectivity index (χ2n) is 4.35. The number of nitrogens with one attached hydrogen (secondary N) is 1. The lowest BCUT2D eigenvalue weighted by Gasteiger charge is -2.17. The molecular weight excluding hydrogens is 350 g/mol. The van der Waals surface area contributed by atoms with Gasteiger partial charge in [0.1, 0.15) is 11.6 Å². The standard InChI is InChI=1S/C14H12BrClF2N2/c15-10-5-8(1-3-12(10)17)6-14(20-19)9-2-4-13(18)11(16)7-9/h1-5,7,14,20H,6,19H2. The van der Waals surface area contributed by atoms with Crippen molar-refractivity contribution >= 4 is 27.5 Å². The fraction of sp³-hybridized carbons (Fsp3) is 0.143. The number of benzene rings is 2. The lowest BCUT2D eigenvalue weighted by molar-refractivity contribution is 0.548. The molecule has 0 spiro atoms. The van der Waals surface area contributed by atoms with Crippen molar-refractivity contribution in [3.05, 3.63) is 68.7 Å². The van der Waals surface area contributed by atoms with Crippen LogP contribution in [0, 0.1) is 11.6 Å². The van der Waals surface area contributed by atoms with Crippen LogP contribution in [-0.2, 0) is 6.42 Å². The molecule has 0 bridgehead atoms. The Labute approximate surface area is 129 Å². The minimum atomic E-state index is -0.476. The van der Waals surface area contributed by atoms with E-state index in [1.807, 2.05) is 0 Å². The molecule has 1 atom stereocenters. The Hall–Kier alpha value is -1.01. The van der Waals surface area contributed by atoms with Crippen LogP contribution in [0.5, 0.6) is 0 Å². The van der Waals surface area contributed by atoms with E-state index >= 15 is 0 Å². The van der Waals surface area contributed by atoms with Crippen molar-refractivity contribution < 1.29 is 8.78 Å². The first kappa shape index (κ1) is 15.4. The maximum atomic E-state index is 13.2. The molecule has 2 rings (SSSR count). The normalized spacial score (nSPS) is 12.4. The molecule has 3 N–H and O–H groups in total. The van der Waals surface area contributed by atoms with Crippen LogP contribution < -0.4 is 11.3 Å². The van der Waals surface area contributed by atoms with Gasteiger partial charge in [0.05, 0.1) is 15.5 Å². The van der Waals surface area contributed by atoms with E-state index in [-0.39, 0.29) is 16.9 Å². The topological polar surface area (TPSA) is 38.0 Å². The summed E-state index contributed by atoms with van der Waals surface area (Å²) in [6, 6.07) is 8.93. The first-order valence-corrected chi connectivity index (χ1v) is 7.03. The van der Waals surface area contributed by atoms with Gasteiger partial charge < -0.3 is 0 Å². The second-order valence-corrected chi connectivity index (χ2v) is 5.61. The largest absolute Gasteiger partial charge is 0.271 e. The Morgan fingerprint density at radius 2 is 1.85 bits per heavy atom. The van der Waals surface area contributed by atoms with Gasteiger partial charge >= 0.3 is 0 Å². The molecule has 20 heavy (non-hydrogen) atoms. The zero-order valence-electron chi connectivity index (χ0n) is 10.3. The summed E-state index contributed by atoms with van der Waals surface area (Å²) >= 11 is 8.90. The van der Waals surface area contributed by atoms with Crippen molar-refractivity contribution in [1.29, 1.82) is 0 Å². The zero-order valence-corrected chi connectivity index (χ0v) is 12.7. The average Bonchev–Trinajstić information content (AvgIpc) is 2.43. The van der Waals surface area contributed by atoms with Gasteiger partial charge in [0, 0.05) is 0 Å². The third-order valence-corrected chi connectivity index (χ3v) is 3.87. The van der Waals surface area contributed by atoms with Crippen LogP contribution >= 0.6 is 27.5 Å². The van der Waals surface area contributed by atoms with Gasteiger partial charge in [0.15, 0.2) is 0 Å². The maximum absolute atomic E-state index is 13.2. The third kappa shape index (κ3) is 3.55. The molecule has 0 aliphatic rings. The van der Waals surface area contributed by atoms with Gasteiger partial charge in [-0.3, -0.25) is 11.3 Å². The predicted octanol–water partition coefficient (Wildman–Crippen LogP) is 4.13. The molecule has 2 aromatic carbocycles. The quantitative estimate of drug-likeness (QED) is 0.635. The van der Waals surface area contributed by atoms with Gasteiger partial charge in [-0.15, -0.1) is 0 Å². The number of halogens is 4. The summed E-state index contributed by atoms with van der Waals surface area (Å²) in [7, 11) is 0. The predicted molar refractivity (Wildman–Crippen MR) is 79.3 cm³/mol. The fourth-order valence-electron chi connectivity index (χ4n) is 1.90. The van der Waals surface area contributed by atoms with Crippen molar-refractivity contribution in [3.63, 3.8) is 0 Å². The summed E-state index contributed by atoms with van der Waals surface area (Å²) in [5, 5.41) is 0.0445. The molecule has 0 saturated heterocycles. The van der Waals surface area contributed by atoms with E-state index in [1.54, 1.807) is 18.2 Å². The Balaban J connectivity index is 2.23. The smallest absolute Gasteiger partial charge is 0.141 e. The monoisotopic (exact) mass is 360 g/mol. The number of nitrogens with two attached hydrogens (primary N) is 1. The van der Waals surface area contributed by atoms with Crippen LogP contribution in [0.3, 0.4) is 0 Å². The summed E-state index contributed by atoms with van der Waals surface area (Å²) in [5.41, 5.74) is 4.31. The summed E-state index contributed by atoms with van der Waals surface area (Å²) in [5.74, 6) is 4.74. The molecule has 0 aliphatic carbocycles. The molecule has 0 radical (unpaired) electrons. The second kappa shape index (κ2) is 6.63. The van der Waals surface area contributed by atoms with Crippen LogP contribution in [0.1, 0.15) is 17.2 Å². The SMILES string of the molecule is NNC(Cc1ccc(F)c(Br)c1)c1ccc(F)c(Cl)c1. The summed E-state index contributed by atoms with van der Waals surface area (Å²) in [6.45, 7) is 0. The highest BCUT2D eigenvalue weighted by Crippen LogP contribution is 2.25. The van der Waals surface area contributed by atoms with E-state index in [9.17, 15) is 8.78 Å². The van der Waals surface area contributed by atoms with Crippen LogP contribution in [0.25, 0.3) is 0 Å². The van der Waals surface area contributed by atoms with E-state index < -0.39 is 5.82 Å². The van der Waals surface area contributed by atoms with Crippen LogP contribution in [0.2, 0.25) is 5.02 Å². The first-order chi connectivity index (χ1) is 9.51. The molecule has 0 saturated carbocycles. The molecule has 1 unspecified atom stereocenters. The fourth-order valence-corrected chi connectivity index (χ4v) is 2.52. The molecule has 0 fully saturated rings. The highest BCUT2D eigenvalue weighted by molar-refractivity contribution is 9.10. The Kier molecular flexibility index (Phi) is 5.10. The Morgan fingerprint density at radius 1 is 1.15 bits per heavy atom. The molecule has 0 heterocycles. The van der Waals surface area contributed by atoms with Crippen LogP contribution in [0.4, 0.5) is 8.78 Å². The van der Waals surface area contributed by atoms with E-state index in [4.69, 9.17) is 17.4 Å². The molecule has 0 aromatic heterocycles. The number of hydrogen-bond donors (Lipinski definition) is 2. The summed E-state index contributed by atoms with van der Waals surface area (Å²) in [4.78, 5) is 0. The van der Waals surface area contributed by atoms with Crippen LogP contribution in [0.15, 0.2) is 40.9 Å². The highest BCUT2D eigenvalue weighted by atomic mass is 79.9. The van der Waals surface area contributed by atoms with Crippen molar-refractivity contribution in [2.45, 2.75) is 12.5 Å². The lowest BCUT2D eigenvalue weighted by Crippen LogP contribution is -2.29. The Morgan fingerprint density at radius 3 is 2.45 bits per heavy atom. The Bertz CT molecular complexity index is 622. The minimum Gasteiger partial charge on any atom is -0.271 e. The van der Waals surface area contributed by atoms with Crippen molar-refractivity contribution in [2.24, 2.45) is 5.84 Å². The van der Waals surface area contributed by atoms with E-state index in [0.717, 1.165) is 11.1 Å². The summed E-state index contributed by atoms with van der Waals surface area (Å²) < 4.78 is 26.7. The minimum absolute atomic E-state index is 0.0445. The highest BCUT2D eigenvalue weighted by Gasteiger charge is 2.13. The zero-order chi connectivity index (χ0) is 14.7. The molecule has 106 valence electrons. The van der Waals surface area contributed by atoms with Gasteiger partial charge in [-0.05, 0) is 57.7 Å². The van der Waals surface area contributed by atoms with Gasteiger partial charge in [-0.2, -0.15) is 0 Å².